The minimum atomic E-state index is -0.771. The van der Waals surface area contributed by atoms with Crippen molar-refractivity contribution < 1.29 is 32.6 Å². The van der Waals surface area contributed by atoms with Crippen molar-refractivity contribution in [3.8, 4) is 5.75 Å². The molecule has 0 aromatic heterocycles. The number of ether oxygens (including phenoxy) is 2. The number of carbonyl (C=O) groups is 3. The van der Waals surface area contributed by atoms with Gasteiger partial charge in [0.25, 0.3) is 5.91 Å². The van der Waals surface area contributed by atoms with Gasteiger partial charge in [-0.1, -0.05) is 24.3 Å². The van der Waals surface area contributed by atoms with E-state index in [0.717, 1.165) is 4.90 Å². The van der Waals surface area contributed by atoms with E-state index in [1.54, 1.807) is 30.3 Å². The average molecular weight is 468 g/mol. The molecule has 176 valence electrons. The smallest absolute Gasteiger partial charge is 0.342 e. The van der Waals surface area contributed by atoms with Crippen LogP contribution in [0.3, 0.4) is 0 Å². The van der Waals surface area contributed by atoms with Crippen LogP contribution >= 0.6 is 0 Å². The molecule has 0 saturated carbocycles. The summed E-state index contributed by atoms with van der Waals surface area (Å²) in [6.07, 6.45) is 0. The summed E-state index contributed by atoms with van der Waals surface area (Å²) in [4.78, 5) is 38.0. The maximum absolute atomic E-state index is 13.0. The highest BCUT2D eigenvalue weighted by molar-refractivity contribution is 5.96. The number of halogens is 2. The van der Waals surface area contributed by atoms with E-state index in [2.05, 4.69) is 5.32 Å². The molecule has 0 fully saturated rings. The number of anilines is 1. The summed E-state index contributed by atoms with van der Waals surface area (Å²) in [7, 11) is 1.39. The van der Waals surface area contributed by atoms with E-state index in [1.165, 1.54) is 49.5 Å². The van der Waals surface area contributed by atoms with Crippen LogP contribution in [0.4, 0.5) is 14.5 Å². The Labute approximate surface area is 194 Å². The Balaban J connectivity index is 1.50. The molecule has 3 aromatic rings. The number of benzene rings is 3. The third kappa shape index (κ3) is 7.13. The lowest BCUT2D eigenvalue weighted by molar-refractivity contribution is -0.136. The number of hydrogen-bond acceptors (Lipinski definition) is 5. The number of hydrogen-bond donors (Lipinski definition) is 1. The molecule has 34 heavy (non-hydrogen) atoms. The van der Waals surface area contributed by atoms with Gasteiger partial charge in [0.2, 0.25) is 5.91 Å². The quantitative estimate of drug-likeness (QED) is 0.483. The van der Waals surface area contributed by atoms with Crippen LogP contribution in [0.5, 0.6) is 5.75 Å². The summed E-state index contributed by atoms with van der Waals surface area (Å²) in [6.45, 7) is -0.758. The minimum absolute atomic E-state index is 0.107. The first-order valence-electron chi connectivity index (χ1n) is 10.2. The van der Waals surface area contributed by atoms with Crippen molar-refractivity contribution in [3.63, 3.8) is 0 Å². The number of amides is 2. The molecular formula is C25H22F2N2O5. The normalized spacial score (nSPS) is 10.3. The average Bonchev–Trinajstić information content (AvgIpc) is 2.83. The third-order valence-electron chi connectivity index (χ3n) is 4.68. The molecule has 0 heterocycles. The largest absolute Gasteiger partial charge is 0.488 e. The van der Waals surface area contributed by atoms with Gasteiger partial charge in [-0.15, -0.1) is 0 Å². The predicted molar refractivity (Wildman–Crippen MR) is 120 cm³/mol. The minimum Gasteiger partial charge on any atom is -0.488 e. The molecule has 0 atom stereocenters. The molecule has 0 bridgehead atoms. The Hall–Kier alpha value is -4.27. The topological polar surface area (TPSA) is 84.9 Å². The van der Waals surface area contributed by atoms with Crippen LogP contribution in [0.25, 0.3) is 0 Å². The Bertz CT molecular complexity index is 1150. The fraction of sp³-hybridized carbons (Fsp3) is 0.160. The molecule has 3 rings (SSSR count). The molecule has 0 saturated heterocycles. The highest BCUT2D eigenvalue weighted by Crippen LogP contribution is 2.20. The number of para-hydroxylation sites is 1. The van der Waals surface area contributed by atoms with Crippen LogP contribution in [-0.4, -0.2) is 42.9 Å². The molecule has 2 amide bonds. The standard InChI is InChI=1S/C25H22F2N2O5/c1-29(14-23(30)28-20-12-10-19(27)11-13-20)24(31)16-34-25(32)21-4-2-3-5-22(21)33-15-17-6-8-18(26)9-7-17/h2-13H,14-16H2,1H3,(H,28,30). The zero-order chi connectivity index (χ0) is 24.5. The molecule has 3 aromatic carbocycles. The first kappa shape index (κ1) is 24.4. The second kappa shape index (κ2) is 11.6. The maximum Gasteiger partial charge on any atom is 0.342 e. The van der Waals surface area contributed by atoms with Gasteiger partial charge >= 0.3 is 5.97 Å². The SMILES string of the molecule is CN(CC(=O)Nc1ccc(F)cc1)C(=O)COC(=O)c1ccccc1OCc1ccc(F)cc1. The lowest BCUT2D eigenvalue weighted by Crippen LogP contribution is -2.37. The molecular weight excluding hydrogens is 446 g/mol. The molecule has 0 spiro atoms. The summed E-state index contributed by atoms with van der Waals surface area (Å²) < 4.78 is 36.7. The van der Waals surface area contributed by atoms with Gasteiger partial charge in [0.05, 0.1) is 6.54 Å². The van der Waals surface area contributed by atoms with Crippen LogP contribution in [0.1, 0.15) is 15.9 Å². The van der Waals surface area contributed by atoms with Gasteiger partial charge < -0.3 is 19.7 Å². The van der Waals surface area contributed by atoms with Gasteiger partial charge in [-0.05, 0) is 54.1 Å². The van der Waals surface area contributed by atoms with Crippen molar-refractivity contribution >= 4 is 23.5 Å². The van der Waals surface area contributed by atoms with E-state index in [0.29, 0.717) is 11.3 Å². The van der Waals surface area contributed by atoms with Crippen LogP contribution in [0.2, 0.25) is 0 Å². The number of nitrogens with zero attached hydrogens (tertiary/aromatic N) is 1. The van der Waals surface area contributed by atoms with E-state index >= 15 is 0 Å². The number of rotatable bonds is 9. The lowest BCUT2D eigenvalue weighted by Gasteiger charge is -2.17. The molecule has 0 aliphatic carbocycles. The van der Waals surface area contributed by atoms with E-state index < -0.39 is 30.2 Å². The molecule has 7 nitrogen and oxygen atoms in total. The molecule has 9 heteroatoms. The first-order chi connectivity index (χ1) is 16.3. The number of nitrogens with one attached hydrogen (secondary N) is 1. The van der Waals surface area contributed by atoms with Gasteiger partial charge in [-0.3, -0.25) is 9.59 Å². The number of carbonyl (C=O) groups excluding carboxylic acids is 3. The van der Waals surface area contributed by atoms with Crippen molar-refractivity contribution in [1.82, 2.24) is 4.90 Å². The summed E-state index contributed by atoms with van der Waals surface area (Å²) in [5.74, 6) is -2.41. The van der Waals surface area contributed by atoms with E-state index in [9.17, 15) is 23.2 Å². The number of esters is 1. The Morgan fingerprint density at radius 3 is 2.18 bits per heavy atom. The van der Waals surface area contributed by atoms with Crippen LogP contribution in [0, 0.1) is 11.6 Å². The van der Waals surface area contributed by atoms with Crippen LogP contribution in [0.15, 0.2) is 72.8 Å². The van der Waals surface area contributed by atoms with Crippen molar-refractivity contribution in [2.75, 3.05) is 25.5 Å². The molecule has 1 N–H and O–H groups in total. The zero-order valence-electron chi connectivity index (χ0n) is 18.3. The summed E-state index contributed by atoms with van der Waals surface area (Å²) in [6, 6.07) is 17.3. The summed E-state index contributed by atoms with van der Waals surface area (Å²) >= 11 is 0. The van der Waals surface area contributed by atoms with Gasteiger partial charge in [0.15, 0.2) is 6.61 Å². The van der Waals surface area contributed by atoms with Crippen molar-refractivity contribution in [2.24, 2.45) is 0 Å². The highest BCUT2D eigenvalue weighted by atomic mass is 19.1. The van der Waals surface area contributed by atoms with E-state index in [4.69, 9.17) is 9.47 Å². The van der Waals surface area contributed by atoms with Gasteiger partial charge in [-0.25, -0.2) is 13.6 Å². The summed E-state index contributed by atoms with van der Waals surface area (Å²) in [5.41, 5.74) is 1.21. The van der Waals surface area contributed by atoms with Crippen molar-refractivity contribution in [1.29, 1.82) is 0 Å². The van der Waals surface area contributed by atoms with E-state index in [-0.39, 0.29) is 30.3 Å². The highest BCUT2D eigenvalue weighted by Gasteiger charge is 2.18. The Morgan fingerprint density at radius 1 is 0.882 bits per heavy atom. The predicted octanol–water partition coefficient (Wildman–Crippen LogP) is 3.80. The molecule has 0 aliphatic heterocycles. The molecule has 0 aliphatic rings. The fourth-order valence-electron chi connectivity index (χ4n) is 2.86. The summed E-state index contributed by atoms with van der Waals surface area (Å²) in [5, 5.41) is 2.54. The number of likely N-dealkylation sites (N-methyl/N-ethyl adjacent to an activating group) is 1. The van der Waals surface area contributed by atoms with Gasteiger partial charge in [0, 0.05) is 12.7 Å². The Morgan fingerprint density at radius 2 is 1.50 bits per heavy atom. The Kier molecular flexibility index (Phi) is 8.28. The monoisotopic (exact) mass is 468 g/mol. The maximum atomic E-state index is 13.0. The van der Waals surface area contributed by atoms with E-state index in [1.807, 2.05) is 0 Å². The molecule has 0 unspecified atom stereocenters. The molecule has 0 radical (unpaired) electrons. The van der Waals surface area contributed by atoms with Crippen LogP contribution < -0.4 is 10.1 Å². The first-order valence-corrected chi connectivity index (χ1v) is 10.2. The fourth-order valence-corrected chi connectivity index (χ4v) is 2.86. The van der Waals surface area contributed by atoms with Crippen molar-refractivity contribution in [3.05, 3.63) is 95.6 Å². The van der Waals surface area contributed by atoms with Gasteiger partial charge in [0.1, 0.15) is 29.6 Å². The second-order valence-electron chi connectivity index (χ2n) is 7.29. The zero-order valence-corrected chi connectivity index (χ0v) is 18.3. The van der Waals surface area contributed by atoms with Gasteiger partial charge in [-0.2, -0.15) is 0 Å². The third-order valence-corrected chi connectivity index (χ3v) is 4.68. The van der Waals surface area contributed by atoms with Crippen molar-refractivity contribution in [2.45, 2.75) is 6.61 Å². The second-order valence-corrected chi connectivity index (χ2v) is 7.29. The van der Waals surface area contributed by atoms with Crippen LogP contribution in [-0.2, 0) is 20.9 Å². The lowest BCUT2D eigenvalue weighted by atomic mass is 10.2.